The second kappa shape index (κ2) is 11.6. The van der Waals surface area contributed by atoms with E-state index in [1.807, 2.05) is 6.07 Å². The first-order chi connectivity index (χ1) is 16.9. The van der Waals surface area contributed by atoms with Gasteiger partial charge >= 0.3 is 12.5 Å². The molecule has 3 aromatic rings. The van der Waals surface area contributed by atoms with E-state index in [0.717, 1.165) is 0 Å². The Balaban J connectivity index is 1.77. The normalized spacial score (nSPS) is 13.7. The van der Waals surface area contributed by atoms with Crippen LogP contribution in [0.25, 0.3) is 0 Å². The van der Waals surface area contributed by atoms with Gasteiger partial charge in [-0.15, -0.1) is 13.2 Å². The molecule has 1 N–H and O–H groups in total. The van der Waals surface area contributed by atoms with Crippen molar-refractivity contribution in [2.24, 2.45) is 0 Å². The van der Waals surface area contributed by atoms with Crippen LogP contribution in [0.3, 0.4) is 0 Å². The molecule has 0 heterocycles. The Morgan fingerprint density at radius 3 is 2.11 bits per heavy atom. The molecule has 3 rings (SSSR count). The number of nitrogens with zero attached hydrogens (tertiary/aromatic N) is 1. The van der Waals surface area contributed by atoms with Crippen LogP contribution >= 0.6 is 0 Å². The summed E-state index contributed by atoms with van der Waals surface area (Å²) < 4.78 is 86.8. The van der Waals surface area contributed by atoms with Crippen molar-refractivity contribution in [3.8, 4) is 17.2 Å². The van der Waals surface area contributed by atoms with Gasteiger partial charge in [0.25, 0.3) is 0 Å². The van der Waals surface area contributed by atoms with Gasteiger partial charge in [0.1, 0.15) is 17.2 Å². The number of halogens is 6. The first kappa shape index (κ1) is 27.2. The number of hydrogen-bond donors (Lipinski definition) is 1. The SMILES string of the molecule is CC(CCN(CC(O)C(F)(F)F)c1cccc(Oc2ccccc2)c1)c1cccc(OC(F)(F)F)c1. The summed E-state index contributed by atoms with van der Waals surface area (Å²) >= 11 is 0. The summed E-state index contributed by atoms with van der Waals surface area (Å²) in [5, 5.41) is 9.73. The first-order valence-electron chi connectivity index (χ1n) is 11.1. The van der Waals surface area contributed by atoms with E-state index >= 15 is 0 Å². The lowest BCUT2D eigenvalue weighted by molar-refractivity contribution is -0.274. The van der Waals surface area contributed by atoms with Gasteiger partial charge in [0.05, 0.1) is 6.54 Å². The van der Waals surface area contributed by atoms with Crippen LogP contribution in [0, 0.1) is 0 Å². The predicted octanol–water partition coefficient (Wildman–Crippen LogP) is 7.30. The number of anilines is 1. The molecule has 36 heavy (non-hydrogen) atoms. The van der Waals surface area contributed by atoms with Gasteiger partial charge in [0.15, 0.2) is 6.10 Å². The van der Waals surface area contributed by atoms with Gasteiger partial charge in [0, 0.05) is 18.3 Å². The average Bonchev–Trinajstić information content (AvgIpc) is 2.80. The van der Waals surface area contributed by atoms with Gasteiger partial charge in [-0.1, -0.05) is 43.3 Å². The quantitative estimate of drug-likeness (QED) is 0.289. The highest BCUT2D eigenvalue weighted by Gasteiger charge is 2.39. The summed E-state index contributed by atoms with van der Waals surface area (Å²) in [4.78, 5) is 1.38. The number of ether oxygens (including phenoxy) is 2. The molecule has 194 valence electrons. The monoisotopic (exact) mass is 513 g/mol. The van der Waals surface area contributed by atoms with Crippen LogP contribution < -0.4 is 14.4 Å². The van der Waals surface area contributed by atoms with E-state index in [2.05, 4.69) is 4.74 Å². The molecule has 0 bridgehead atoms. The molecule has 0 radical (unpaired) electrons. The second-order valence-corrected chi connectivity index (χ2v) is 8.23. The largest absolute Gasteiger partial charge is 0.573 e. The van der Waals surface area contributed by atoms with Crippen molar-refractivity contribution in [1.29, 1.82) is 0 Å². The van der Waals surface area contributed by atoms with E-state index in [1.54, 1.807) is 61.5 Å². The number of benzene rings is 3. The van der Waals surface area contributed by atoms with Crippen molar-refractivity contribution >= 4 is 5.69 Å². The van der Waals surface area contributed by atoms with Gasteiger partial charge in [0.2, 0.25) is 0 Å². The summed E-state index contributed by atoms with van der Waals surface area (Å²) in [6.45, 7) is 1.12. The predicted molar refractivity (Wildman–Crippen MR) is 123 cm³/mol. The third-order valence-electron chi connectivity index (χ3n) is 5.43. The van der Waals surface area contributed by atoms with E-state index < -0.39 is 25.2 Å². The number of alkyl halides is 6. The Hall–Kier alpha value is -3.40. The number of hydrogen-bond acceptors (Lipinski definition) is 4. The molecule has 0 saturated carbocycles. The van der Waals surface area contributed by atoms with Gasteiger partial charge < -0.3 is 19.5 Å². The molecular weight excluding hydrogens is 488 g/mol. The standard InChI is InChI=1S/C26H25F6NO3/c1-18(19-7-5-12-23(15-19)36-26(30,31)32)13-14-33(17-24(34)25(27,28)29)20-8-6-11-22(16-20)35-21-9-3-2-4-10-21/h2-12,15-16,18,24,34H,13-14,17H2,1H3. The van der Waals surface area contributed by atoms with E-state index in [-0.39, 0.29) is 18.2 Å². The van der Waals surface area contributed by atoms with Crippen LogP contribution in [0.1, 0.15) is 24.8 Å². The fourth-order valence-electron chi connectivity index (χ4n) is 3.54. The van der Waals surface area contributed by atoms with E-state index in [1.165, 1.54) is 23.1 Å². The second-order valence-electron chi connectivity index (χ2n) is 8.23. The topological polar surface area (TPSA) is 41.9 Å². The fourth-order valence-corrected chi connectivity index (χ4v) is 3.54. The van der Waals surface area contributed by atoms with Crippen molar-refractivity contribution < 1.29 is 40.9 Å². The highest BCUT2D eigenvalue weighted by Crippen LogP contribution is 2.31. The molecule has 4 nitrogen and oxygen atoms in total. The maximum Gasteiger partial charge on any atom is 0.573 e. The Labute approximate surface area is 204 Å². The number of rotatable bonds is 10. The van der Waals surface area contributed by atoms with Crippen LogP contribution in [0.15, 0.2) is 78.9 Å². The molecular formula is C26H25F6NO3. The highest BCUT2D eigenvalue weighted by molar-refractivity contribution is 5.52. The Morgan fingerprint density at radius 1 is 0.806 bits per heavy atom. The third-order valence-corrected chi connectivity index (χ3v) is 5.43. The summed E-state index contributed by atoms with van der Waals surface area (Å²) in [6, 6.07) is 20.8. The average molecular weight is 513 g/mol. The third kappa shape index (κ3) is 8.37. The fraction of sp³-hybridized carbons (Fsp3) is 0.308. The zero-order valence-corrected chi connectivity index (χ0v) is 19.3. The van der Waals surface area contributed by atoms with Crippen molar-refractivity contribution in [2.75, 3.05) is 18.0 Å². The van der Waals surface area contributed by atoms with Crippen molar-refractivity contribution in [3.63, 3.8) is 0 Å². The maximum absolute atomic E-state index is 13.1. The molecule has 2 atom stereocenters. The van der Waals surface area contributed by atoms with Gasteiger partial charge in [-0.3, -0.25) is 0 Å². The molecule has 0 aliphatic rings. The number of para-hydroxylation sites is 1. The molecule has 2 unspecified atom stereocenters. The Bertz CT molecular complexity index is 1100. The van der Waals surface area contributed by atoms with Crippen molar-refractivity contribution in [1.82, 2.24) is 0 Å². The summed E-state index contributed by atoms with van der Waals surface area (Å²) in [5.74, 6) is 0.263. The summed E-state index contributed by atoms with van der Waals surface area (Å²) in [5.41, 5.74) is 0.933. The molecule has 0 spiro atoms. The minimum Gasteiger partial charge on any atom is -0.457 e. The first-order valence-corrected chi connectivity index (χ1v) is 11.1. The van der Waals surface area contributed by atoms with Crippen LogP contribution in [0.4, 0.5) is 32.0 Å². The molecule has 0 aromatic heterocycles. The van der Waals surface area contributed by atoms with Crippen molar-refractivity contribution in [2.45, 2.75) is 37.9 Å². The minimum absolute atomic E-state index is 0.0907. The van der Waals surface area contributed by atoms with Crippen LogP contribution in [0.5, 0.6) is 17.2 Å². The zero-order chi connectivity index (χ0) is 26.3. The molecule has 0 aliphatic carbocycles. The molecule has 0 amide bonds. The molecule has 0 fully saturated rings. The number of aliphatic hydroxyl groups is 1. The molecule has 0 aliphatic heterocycles. The molecule has 0 saturated heterocycles. The summed E-state index contributed by atoms with van der Waals surface area (Å²) in [6.07, 6.45) is -11.9. The zero-order valence-electron chi connectivity index (χ0n) is 19.3. The van der Waals surface area contributed by atoms with E-state index in [0.29, 0.717) is 29.2 Å². The van der Waals surface area contributed by atoms with E-state index in [4.69, 9.17) is 4.74 Å². The summed E-state index contributed by atoms with van der Waals surface area (Å²) in [7, 11) is 0. The number of aliphatic hydroxyl groups excluding tert-OH is 1. The highest BCUT2D eigenvalue weighted by atomic mass is 19.4. The molecule has 3 aromatic carbocycles. The van der Waals surface area contributed by atoms with Crippen LogP contribution in [-0.2, 0) is 0 Å². The smallest absolute Gasteiger partial charge is 0.457 e. The van der Waals surface area contributed by atoms with Crippen LogP contribution in [0.2, 0.25) is 0 Å². The van der Waals surface area contributed by atoms with Gasteiger partial charge in [-0.2, -0.15) is 13.2 Å². The van der Waals surface area contributed by atoms with Gasteiger partial charge in [-0.05, 0) is 54.3 Å². The Morgan fingerprint density at radius 2 is 1.44 bits per heavy atom. The maximum atomic E-state index is 13.1. The lowest BCUT2D eigenvalue weighted by Crippen LogP contribution is -2.41. The van der Waals surface area contributed by atoms with Gasteiger partial charge in [-0.25, -0.2) is 0 Å². The van der Waals surface area contributed by atoms with Crippen LogP contribution in [-0.4, -0.2) is 36.8 Å². The lowest BCUT2D eigenvalue weighted by atomic mass is 9.97. The lowest BCUT2D eigenvalue weighted by Gasteiger charge is -2.29. The minimum atomic E-state index is -4.83. The van der Waals surface area contributed by atoms with E-state index in [9.17, 15) is 31.4 Å². The van der Waals surface area contributed by atoms with Crippen molar-refractivity contribution in [3.05, 3.63) is 84.4 Å². The Kier molecular flexibility index (Phi) is 8.73. The molecule has 10 heteroatoms.